The Morgan fingerprint density at radius 2 is 2.29 bits per heavy atom. The van der Waals surface area contributed by atoms with Crippen LogP contribution < -0.4 is 22.1 Å². The SMILES string of the molecule is Cn1c(=O)cc(N(N)CCO)[nH]c1=O. The minimum Gasteiger partial charge on any atom is -0.394 e. The van der Waals surface area contributed by atoms with E-state index in [1.807, 2.05) is 0 Å². The number of anilines is 1. The molecule has 7 heteroatoms. The van der Waals surface area contributed by atoms with Gasteiger partial charge in [-0.3, -0.25) is 19.4 Å². The lowest BCUT2D eigenvalue weighted by Gasteiger charge is -2.16. The molecule has 0 fully saturated rings. The largest absolute Gasteiger partial charge is 0.394 e. The van der Waals surface area contributed by atoms with Crippen LogP contribution in [0.3, 0.4) is 0 Å². The number of H-pyrrole nitrogens is 1. The highest BCUT2D eigenvalue weighted by Gasteiger charge is 2.04. The number of hydrazine groups is 1. The van der Waals surface area contributed by atoms with Crippen molar-refractivity contribution in [2.45, 2.75) is 0 Å². The quantitative estimate of drug-likeness (QED) is 0.377. The zero-order chi connectivity index (χ0) is 10.7. The molecule has 0 radical (unpaired) electrons. The molecule has 78 valence electrons. The first-order valence-corrected chi connectivity index (χ1v) is 3.99. The van der Waals surface area contributed by atoms with Crippen LogP contribution in [0.4, 0.5) is 5.82 Å². The van der Waals surface area contributed by atoms with Crippen molar-refractivity contribution < 1.29 is 5.11 Å². The van der Waals surface area contributed by atoms with E-state index in [0.29, 0.717) is 0 Å². The van der Waals surface area contributed by atoms with E-state index in [1.54, 1.807) is 0 Å². The third kappa shape index (κ3) is 2.01. The summed E-state index contributed by atoms with van der Waals surface area (Å²) in [7, 11) is 1.36. The Hall–Kier alpha value is -1.60. The Balaban J connectivity index is 3.13. The van der Waals surface area contributed by atoms with E-state index in [2.05, 4.69) is 4.98 Å². The van der Waals surface area contributed by atoms with Gasteiger partial charge < -0.3 is 5.11 Å². The van der Waals surface area contributed by atoms with Crippen LogP contribution in [0.25, 0.3) is 0 Å². The first-order chi connectivity index (χ1) is 6.56. The maximum atomic E-state index is 11.2. The van der Waals surface area contributed by atoms with Gasteiger partial charge in [-0.05, 0) is 0 Å². The second kappa shape index (κ2) is 4.07. The van der Waals surface area contributed by atoms with Crippen LogP contribution >= 0.6 is 0 Å². The number of nitrogens with one attached hydrogen (secondary N) is 1. The molecule has 0 aromatic carbocycles. The van der Waals surface area contributed by atoms with Crippen molar-refractivity contribution in [1.82, 2.24) is 9.55 Å². The monoisotopic (exact) mass is 200 g/mol. The zero-order valence-corrected chi connectivity index (χ0v) is 7.73. The van der Waals surface area contributed by atoms with Gasteiger partial charge >= 0.3 is 5.69 Å². The van der Waals surface area contributed by atoms with Gasteiger partial charge in [-0.1, -0.05) is 0 Å². The molecule has 0 saturated heterocycles. The topological polar surface area (TPSA) is 104 Å². The smallest absolute Gasteiger partial charge is 0.329 e. The van der Waals surface area contributed by atoms with Crippen molar-refractivity contribution >= 4 is 5.82 Å². The molecule has 1 aromatic rings. The zero-order valence-electron chi connectivity index (χ0n) is 7.73. The molecule has 0 atom stereocenters. The highest BCUT2D eigenvalue weighted by molar-refractivity contribution is 5.33. The standard InChI is InChI=1S/C7H12N4O3/c1-10-6(13)4-5(9-7(10)14)11(8)2-3-12/h4,12H,2-3,8H2,1H3,(H,9,14). The van der Waals surface area contributed by atoms with E-state index in [4.69, 9.17) is 10.9 Å². The molecule has 7 nitrogen and oxygen atoms in total. The normalized spacial score (nSPS) is 10.2. The molecular weight excluding hydrogens is 188 g/mol. The van der Waals surface area contributed by atoms with Gasteiger partial charge in [-0.25, -0.2) is 10.6 Å². The van der Waals surface area contributed by atoms with E-state index in [1.165, 1.54) is 13.1 Å². The summed E-state index contributed by atoms with van der Waals surface area (Å²) >= 11 is 0. The van der Waals surface area contributed by atoms with Crippen LogP contribution in [0.15, 0.2) is 15.7 Å². The van der Waals surface area contributed by atoms with E-state index in [0.717, 1.165) is 9.58 Å². The summed E-state index contributed by atoms with van der Waals surface area (Å²) in [4.78, 5) is 24.7. The number of hydrogen-bond acceptors (Lipinski definition) is 5. The Morgan fingerprint density at radius 1 is 1.64 bits per heavy atom. The van der Waals surface area contributed by atoms with Crippen molar-refractivity contribution in [3.63, 3.8) is 0 Å². The predicted octanol–water partition coefficient (Wildman–Crippen LogP) is -2.25. The maximum absolute atomic E-state index is 11.2. The Bertz CT molecular complexity index is 390. The van der Waals surface area contributed by atoms with Crippen LogP contribution in [0.2, 0.25) is 0 Å². The van der Waals surface area contributed by atoms with Crippen molar-refractivity contribution in [2.75, 3.05) is 18.2 Å². The molecule has 1 aromatic heterocycles. The molecule has 1 heterocycles. The third-order valence-corrected chi connectivity index (χ3v) is 1.78. The minimum atomic E-state index is -0.541. The van der Waals surface area contributed by atoms with Crippen molar-refractivity contribution in [3.8, 4) is 0 Å². The third-order valence-electron chi connectivity index (χ3n) is 1.78. The van der Waals surface area contributed by atoms with Crippen molar-refractivity contribution in [3.05, 3.63) is 26.9 Å². The molecule has 0 bridgehead atoms. The highest BCUT2D eigenvalue weighted by Crippen LogP contribution is 1.97. The molecule has 1 rings (SSSR count). The lowest BCUT2D eigenvalue weighted by Crippen LogP contribution is -2.40. The average Bonchev–Trinajstić information content (AvgIpc) is 2.13. The molecule has 4 N–H and O–H groups in total. The first-order valence-electron chi connectivity index (χ1n) is 3.99. The maximum Gasteiger partial charge on any atom is 0.329 e. The Kier molecular flexibility index (Phi) is 3.05. The number of nitrogens with zero attached hydrogens (tertiary/aromatic N) is 2. The predicted molar refractivity (Wildman–Crippen MR) is 50.9 cm³/mol. The van der Waals surface area contributed by atoms with Crippen molar-refractivity contribution in [1.29, 1.82) is 0 Å². The van der Waals surface area contributed by atoms with Crippen LogP contribution in [-0.4, -0.2) is 27.8 Å². The molecule has 0 aliphatic rings. The van der Waals surface area contributed by atoms with Gasteiger partial charge in [-0.15, -0.1) is 0 Å². The summed E-state index contributed by atoms with van der Waals surface area (Å²) in [5, 5.41) is 9.69. The lowest BCUT2D eigenvalue weighted by molar-refractivity contribution is 0.302. The van der Waals surface area contributed by atoms with E-state index >= 15 is 0 Å². The average molecular weight is 200 g/mol. The summed E-state index contributed by atoms with van der Waals surface area (Å²) in [6.45, 7) is -0.0170. The minimum absolute atomic E-state index is 0.142. The summed E-state index contributed by atoms with van der Waals surface area (Å²) in [6.07, 6.45) is 0. The molecule has 14 heavy (non-hydrogen) atoms. The Morgan fingerprint density at radius 3 is 2.79 bits per heavy atom. The molecule has 0 amide bonds. The van der Waals surface area contributed by atoms with E-state index < -0.39 is 11.2 Å². The van der Waals surface area contributed by atoms with Gasteiger partial charge in [-0.2, -0.15) is 0 Å². The fraction of sp³-hybridized carbons (Fsp3) is 0.429. The van der Waals surface area contributed by atoms with Crippen LogP contribution in [0.5, 0.6) is 0 Å². The number of hydrogen-bond donors (Lipinski definition) is 3. The number of aromatic amines is 1. The number of rotatable bonds is 3. The van der Waals surface area contributed by atoms with Crippen LogP contribution in [0.1, 0.15) is 0 Å². The molecule has 0 aliphatic heterocycles. The molecule has 0 unspecified atom stereocenters. The van der Waals surface area contributed by atoms with Crippen molar-refractivity contribution in [2.24, 2.45) is 12.9 Å². The summed E-state index contributed by atoms with van der Waals surface area (Å²) in [6, 6.07) is 1.19. The molecule has 0 saturated carbocycles. The summed E-state index contributed by atoms with van der Waals surface area (Å²) < 4.78 is 0.927. The van der Waals surface area contributed by atoms with Gasteiger partial charge in [0.2, 0.25) is 0 Å². The number of aliphatic hydroxyl groups excluding tert-OH is 1. The molecule has 0 aliphatic carbocycles. The highest BCUT2D eigenvalue weighted by atomic mass is 16.3. The van der Waals surface area contributed by atoms with E-state index in [-0.39, 0.29) is 19.0 Å². The number of nitrogens with two attached hydrogens (primary N) is 1. The van der Waals surface area contributed by atoms with Gasteiger partial charge in [0.05, 0.1) is 13.2 Å². The molecular formula is C7H12N4O3. The fourth-order valence-corrected chi connectivity index (χ4v) is 0.926. The van der Waals surface area contributed by atoms with E-state index in [9.17, 15) is 9.59 Å². The molecule has 0 spiro atoms. The van der Waals surface area contributed by atoms with Gasteiger partial charge in [0.1, 0.15) is 5.82 Å². The number of aliphatic hydroxyl groups is 1. The summed E-state index contributed by atoms with van der Waals surface area (Å²) in [5.41, 5.74) is -0.988. The van der Waals surface area contributed by atoms with Gasteiger partial charge in [0.25, 0.3) is 5.56 Å². The van der Waals surface area contributed by atoms with Gasteiger partial charge in [0.15, 0.2) is 0 Å². The first kappa shape index (κ1) is 10.5. The fourth-order valence-electron chi connectivity index (χ4n) is 0.926. The number of aromatic nitrogens is 2. The van der Waals surface area contributed by atoms with Gasteiger partial charge in [0, 0.05) is 13.1 Å². The van der Waals surface area contributed by atoms with Crippen LogP contribution in [0, 0.1) is 0 Å². The van der Waals surface area contributed by atoms with Crippen LogP contribution in [-0.2, 0) is 7.05 Å². The summed E-state index contributed by atoms with van der Waals surface area (Å²) in [5.74, 6) is 5.64. The second-order valence-corrected chi connectivity index (χ2v) is 2.77. The second-order valence-electron chi connectivity index (χ2n) is 2.77. The lowest BCUT2D eigenvalue weighted by atomic mass is 10.5. The Labute approximate surface area is 79.4 Å².